The molecule has 3 aromatic heterocycles. The number of aromatic nitrogens is 3. The number of fused-ring (bicyclic) bond motifs is 1. The van der Waals surface area contributed by atoms with Crippen LogP contribution in [0.1, 0.15) is 34.5 Å². The van der Waals surface area contributed by atoms with E-state index in [1.807, 2.05) is 29.6 Å². The molecule has 0 saturated heterocycles. The van der Waals surface area contributed by atoms with Gasteiger partial charge in [0.15, 0.2) is 5.65 Å². The summed E-state index contributed by atoms with van der Waals surface area (Å²) in [7, 11) is 0. The second kappa shape index (κ2) is 8.24. The topological polar surface area (TPSA) is 59.3 Å². The lowest BCUT2D eigenvalue weighted by molar-refractivity contribution is 0.104. The first-order chi connectivity index (χ1) is 14.8. The van der Waals surface area contributed by atoms with Gasteiger partial charge in [-0.2, -0.15) is 5.10 Å². The third-order valence-corrected chi connectivity index (χ3v) is 6.39. The Balaban J connectivity index is 1.43. The van der Waals surface area contributed by atoms with Crippen LogP contribution >= 0.6 is 11.3 Å². The number of thiophene rings is 1. The van der Waals surface area contributed by atoms with Gasteiger partial charge in [-0.15, -0.1) is 11.3 Å². The molecule has 0 aliphatic heterocycles. The third-order valence-electron chi connectivity index (χ3n) is 5.52. The van der Waals surface area contributed by atoms with Crippen LogP contribution in [0.15, 0.2) is 72.4 Å². The average Bonchev–Trinajstić information content (AvgIpc) is 3.48. The zero-order valence-corrected chi connectivity index (χ0v) is 17.3. The maximum Gasteiger partial charge on any atom is 0.208 e. The van der Waals surface area contributed by atoms with Gasteiger partial charge >= 0.3 is 0 Å². The van der Waals surface area contributed by atoms with Crippen LogP contribution in [0.3, 0.4) is 0 Å². The van der Waals surface area contributed by atoms with Crippen LogP contribution in [-0.2, 0) is 0 Å². The van der Waals surface area contributed by atoms with Crippen molar-refractivity contribution < 1.29 is 4.79 Å². The van der Waals surface area contributed by atoms with Crippen LogP contribution in [0.2, 0.25) is 0 Å². The van der Waals surface area contributed by atoms with E-state index in [0.717, 1.165) is 29.9 Å². The Morgan fingerprint density at radius 3 is 3.00 bits per heavy atom. The van der Waals surface area contributed by atoms with Gasteiger partial charge in [-0.1, -0.05) is 30.4 Å². The number of anilines is 1. The van der Waals surface area contributed by atoms with E-state index in [0.29, 0.717) is 22.0 Å². The van der Waals surface area contributed by atoms with E-state index in [4.69, 9.17) is 0 Å². The number of carbonyl (C=O) groups excluding carboxylic acids is 1. The first-order valence-corrected chi connectivity index (χ1v) is 11.1. The molecule has 0 radical (unpaired) electrons. The Bertz CT molecular complexity index is 1210. The molecule has 1 atom stereocenters. The highest BCUT2D eigenvalue weighted by Gasteiger charge is 2.18. The van der Waals surface area contributed by atoms with Crippen molar-refractivity contribution in [2.75, 3.05) is 11.9 Å². The molecule has 30 heavy (non-hydrogen) atoms. The minimum Gasteiger partial charge on any atom is -0.385 e. The molecule has 4 aromatic rings. The van der Waals surface area contributed by atoms with Crippen molar-refractivity contribution in [1.29, 1.82) is 0 Å². The molecular weight excluding hydrogens is 392 g/mol. The van der Waals surface area contributed by atoms with Crippen molar-refractivity contribution in [2.45, 2.75) is 19.3 Å². The summed E-state index contributed by atoms with van der Waals surface area (Å²) in [5, 5.41) is 9.97. The first kappa shape index (κ1) is 18.8. The van der Waals surface area contributed by atoms with Crippen molar-refractivity contribution in [3.63, 3.8) is 0 Å². The lowest BCUT2D eigenvalue weighted by Crippen LogP contribution is -2.15. The van der Waals surface area contributed by atoms with Crippen molar-refractivity contribution in [1.82, 2.24) is 14.6 Å². The summed E-state index contributed by atoms with van der Waals surface area (Å²) in [6.07, 6.45) is 11.5. The standard InChI is InChI=1S/C24H22N4OS/c29-23(22-10-5-13-30-22)20-16-27-28-21(11-12-25-24(20)28)18-8-4-9-19(14-18)26-15-17-6-2-1-3-7-17/h1-2,4-5,8-14,16-17,26H,3,6-7,15H2. The molecule has 0 fully saturated rings. The number of nitrogens with one attached hydrogen (secondary N) is 1. The van der Waals surface area contributed by atoms with Crippen LogP contribution in [0, 0.1) is 5.92 Å². The van der Waals surface area contributed by atoms with Crippen molar-refractivity contribution in [3.05, 3.63) is 82.8 Å². The summed E-state index contributed by atoms with van der Waals surface area (Å²) in [5.74, 6) is 0.643. The SMILES string of the molecule is O=C(c1cccs1)c1cnn2c(-c3cccc(NCC4CC=CCC4)c3)ccnc12. The van der Waals surface area contributed by atoms with E-state index in [1.165, 1.54) is 24.2 Å². The number of nitrogens with zero attached hydrogens (tertiary/aromatic N) is 3. The molecule has 1 N–H and O–H groups in total. The van der Waals surface area contributed by atoms with Gasteiger partial charge in [0.25, 0.3) is 0 Å². The van der Waals surface area contributed by atoms with Gasteiger partial charge in [0.05, 0.1) is 22.3 Å². The minimum absolute atomic E-state index is 0.0402. The molecular formula is C24H22N4OS. The molecule has 0 amide bonds. The lowest BCUT2D eigenvalue weighted by Gasteiger charge is -2.19. The van der Waals surface area contributed by atoms with E-state index in [1.54, 1.807) is 16.9 Å². The molecule has 5 rings (SSSR count). The second-order valence-corrected chi connectivity index (χ2v) is 8.49. The van der Waals surface area contributed by atoms with E-state index in [-0.39, 0.29) is 5.78 Å². The van der Waals surface area contributed by atoms with Gasteiger partial charge in [-0.25, -0.2) is 9.50 Å². The Kier molecular flexibility index (Phi) is 5.15. The Labute approximate surface area is 179 Å². The summed E-state index contributed by atoms with van der Waals surface area (Å²) < 4.78 is 1.76. The second-order valence-electron chi connectivity index (χ2n) is 7.54. The predicted octanol–water partition coefficient (Wildman–Crippen LogP) is 5.46. The Hall–Kier alpha value is -3.25. The fraction of sp³-hybridized carbons (Fsp3) is 0.208. The molecule has 5 nitrogen and oxygen atoms in total. The molecule has 6 heteroatoms. The normalized spacial score (nSPS) is 16.1. The van der Waals surface area contributed by atoms with Crippen molar-refractivity contribution >= 4 is 28.5 Å². The Morgan fingerprint density at radius 2 is 2.17 bits per heavy atom. The van der Waals surface area contributed by atoms with Crippen LogP contribution in [-0.4, -0.2) is 26.9 Å². The summed E-state index contributed by atoms with van der Waals surface area (Å²) in [4.78, 5) is 18.0. The van der Waals surface area contributed by atoms with E-state index in [9.17, 15) is 4.79 Å². The first-order valence-electron chi connectivity index (χ1n) is 10.2. The van der Waals surface area contributed by atoms with Gasteiger partial charge in [0, 0.05) is 24.0 Å². The fourth-order valence-corrected chi connectivity index (χ4v) is 4.58. The summed E-state index contributed by atoms with van der Waals surface area (Å²) in [6, 6.07) is 14.0. The summed E-state index contributed by atoms with van der Waals surface area (Å²) >= 11 is 1.43. The fourth-order valence-electron chi connectivity index (χ4n) is 3.90. The zero-order valence-electron chi connectivity index (χ0n) is 16.5. The number of carbonyl (C=O) groups is 1. The minimum atomic E-state index is -0.0402. The maximum atomic E-state index is 12.8. The van der Waals surface area contributed by atoms with E-state index < -0.39 is 0 Å². The monoisotopic (exact) mass is 414 g/mol. The number of allylic oxidation sites excluding steroid dienone is 2. The molecule has 1 aliphatic carbocycles. The molecule has 1 aliphatic rings. The zero-order chi connectivity index (χ0) is 20.3. The highest BCUT2D eigenvalue weighted by Crippen LogP contribution is 2.26. The maximum absolute atomic E-state index is 12.8. The quantitative estimate of drug-likeness (QED) is 0.336. The van der Waals surface area contributed by atoms with Gasteiger partial charge < -0.3 is 5.32 Å². The molecule has 150 valence electrons. The number of hydrogen-bond donors (Lipinski definition) is 1. The number of rotatable bonds is 6. The highest BCUT2D eigenvalue weighted by atomic mass is 32.1. The predicted molar refractivity (Wildman–Crippen MR) is 121 cm³/mol. The number of benzene rings is 1. The summed E-state index contributed by atoms with van der Waals surface area (Å²) in [6.45, 7) is 0.973. The molecule has 0 saturated carbocycles. The van der Waals surface area contributed by atoms with Gasteiger partial charge in [-0.05, 0) is 54.8 Å². The molecule has 0 spiro atoms. The molecule has 0 bridgehead atoms. The number of hydrogen-bond acceptors (Lipinski definition) is 5. The van der Waals surface area contributed by atoms with Gasteiger partial charge in [0.1, 0.15) is 0 Å². The third kappa shape index (κ3) is 3.66. The van der Waals surface area contributed by atoms with Crippen LogP contribution < -0.4 is 5.32 Å². The molecule has 1 aromatic carbocycles. The van der Waals surface area contributed by atoms with Crippen molar-refractivity contribution in [2.24, 2.45) is 5.92 Å². The van der Waals surface area contributed by atoms with Gasteiger partial charge in [0.2, 0.25) is 5.78 Å². The molecule has 1 unspecified atom stereocenters. The smallest absolute Gasteiger partial charge is 0.208 e. The molecule has 3 heterocycles. The van der Waals surface area contributed by atoms with E-state index in [2.05, 4.69) is 45.8 Å². The van der Waals surface area contributed by atoms with Crippen LogP contribution in [0.5, 0.6) is 0 Å². The van der Waals surface area contributed by atoms with E-state index >= 15 is 0 Å². The van der Waals surface area contributed by atoms with Crippen LogP contribution in [0.4, 0.5) is 5.69 Å². The Morgan fingerprint density at radius 1 is 1.20 bits per heavy atom. The lowest BCUT2D eigenvalue weighted by atomic mass is 9.94. The largest absolute Gasteiger partial charge is 0.385 e. The highest BCUT2D eigenvalue weighted by molar-refractivity contribution is 7.12. The summed E-state index contributed by atoms with van der Waals surface area (Å²) in [5.41, 5.74) is 4.15. The van der Waals surface area contributed by atoms with Crippen LogP contribution in [0.25, 0.3) is 16.9 Å². The average molecular weight is 415 g/mol. The van der Waals surface area contributed by atoms with Gasteiger partial charge in [-0.3, -0.25) is 4.79 Å². The van der Waals surface area contributed by atoms with Crippen molar-refractivity contribution in [3.8, 4) is 11.3 Å². The number of ketones is 1.